The normalized spacial score (nSPS) is 32.1. The van der Waals surface area contributed by atoms with Crippen LogP contribution >= 0.6 is 0 Å². The molecule has 2 atom stereocenters. The molecule has 1 spiro atoms. The van der Waals surface area contributed by atoms with Gasteiger partial charge in [-0.15, -0.1) is 0 Å². The Bertz CT molecular complexity index is 775. The minimum absolute atomic E-state index is 0.133. The number of allylic oxidation sites excluding steroid dienone is 2. The topological polar surface area (TPSA) is 26.3 Å². The van der Waals surface area contributed by atoms with Gasteiger partial charge in [-0.05, 0) is 11.1 Å². The highest BCUT2D eigenvalue weighted by Gasteiger charge is 2.86. The Balaban J connectivity index is 1.78. The Hall–Kier alpha value is -2.61. The van der Waals surface area contributed by atoms with Crippen LogP contribution in [0.4, 0.5) is 0 Å². The molecule has 0 bridgehead atoms. The molecule has 2 nitrogen and oxygen atoms in total. The Morgan fingerprint density at radius 2 is 1.22 bits per heavy atom. The van der Waals surface area contributed by atoms with Gasteiger partial charge in [0.25, 0.3) is 0 Å². The minimum atomic E-state index is -0.704. The molecule has 1 saturated heterocycles. The zero-order valence-corrected chi connectivity index (χ0v) is 12.6. The maximum absolute atomic E-state index is 12.9. The number of esters is 1. The van der Waals surface area contributed by atoms with Gasteiger partial charge in [0.1, 0.15) is 0 Å². The summed E-state index contributed by atoms with van der Waals surface area (Å²) in [5.41, 5.74) is 0.887. The summed E-state index contributed by atoms with van der Waals surface area (Å²) in [6.45, 7) is 0. The molecule has 1 saturated carbocycles. The quantitative estimate of drug-likeness (QED) is 0.792. The van der Waals surface area contributed by atoms with Crippen LogP contribution in [0.5, 0.6) is 0 Å². The van der Waals surface area contributed by atoms with Crippen molar-refractivity contribution in [3.63, 3.8) is 0 Å². The standard InChI is InChI=1S/C21H16O2/c22-19-20(15-9-3-1-4-10-15,16-11-5-2-6-12-16)21(23-19)17-13-7-8-14-18(17)21/h1-14,17-18H. The van der Waals surface area contributed by atoms with Gasteiger partial charge in [0, 0.05) is 11.8 Å². The van der Waals surface area contributed by atoms with Crippen LogP contribution in [0.1, 0.15) is 11.1 Å². The van der Waals surface area contributed by atoms with E-state index in [9.17, 15) is 4.79 Å². The van der Waals surface area contributed by atoms with Crippen molar-refractivity contribution in [1.29, 1.82) is 0 Å². The van der Waals surface area contributed by atoms with E-state index in [2.05, 4.69) is 24.3 Å². The number of rotatable bonds is 2. The van der Waals surface area contributed by atoms with Gasteiger partial charge in [-0.2, -0.15) is 0 Å². The average Bonchev–Trinajstić information content (AvgIpc) is 3.28. The first-order chi connectivity index (χ1) is 11.3. The average molecular weight is 300 g/mol. The number of hydrogen-bond donors (Lipinski definition) is 0. The molecule has 112 valence electrons. The van der Waals surface area contributed by atoms with Crippen LogP contribution in [-0.4, -0.2) is 11.6 Å². The summed E-state index contributed by atoms with van der Waals surface area (Å²) in [6.07, 6.45) is 8.47. The maximum Gasteiger partial charge on any atom is 0.325 e. The molecule has 0 radical (unpaired) electrons. The fourth-order valence-electron chi connectivity index (χ4n) is 4.60. The summed E-state index contributed by atoms with van der Waals surface area (Å²) in [5.74, 6) is 0.405. The summed E-state index contributed by atoms with van der Waals surface area (Å²) < 4.78 is 5.87. The molecule has 23 heavy (non-hydrogen) atoms. The molecular formula is C21H16O2. The molecule has 3 aliphatic rings. The summed E-state index contributed by atoms with van der Waals surface area (Å²) >= 11 is 0. The Morgan fingerprint density at radius 1 is 0.739 bits per heavy atom. The third-order valence-corrected chi connectivity index (χ3v) is 5.58. The van der Waals surface area contributed by atoms with Crippen LogP contribution in [0.15, 0.2) is 85.0 Å². The van der Waals surface area contributed by atoms with Crippen molar-refractivity contribution in [3.8, 4) is 0 Å². The number of fused-ring (bicyclic) bond motifs is 3. The monoisotopic (exact) mass is 300 g/mol. The van der Waals surface area contributed by atoms with Crippen LogP contribution in [0.2, 0.25) is 0 Å². The summed E-state index contributed by atoms with van der Waals surface area (Å²) in [6, 6.07) is 20.2. The molecular weight excluding hydrogens is 284 g/mol. The van der Waals surface area contributed by atoms with Gasteiger partial charge in [-0.25, -0.2) is 0 Å². The zero-order valence-electron chi connectivity index (χ0n) is 12.6. The largest absolute Gasteiger partial charge is 0.455 e. The number of hydrogen-bond acceptors (Lipinski definition) is 2. The van der Waals surface area contributed by atoms with Crippen molar-refractivity contribution in [2.45, 2.75) is 11.0 Å². The van der Waals surface area contributed by atoms with Crippen molar-refractivity contribution >= 4 is 5.97 Å². The lowest BCUT2D eigenvalue weighted by atomic mass is 9.63. The molecule has 2 fully saturated rings. The molecule has 5 rings (SSSR count). The molecule has 0 amide bonds. The predicted molar refractivity (Wildman–Crippen MR) is 87.7 cm³/mol. The lowest BCUT2D eigenvalue weighted by Crippen LogP contribution is -2.64. The summed E-state index contributed by atoms with van der Waals surface area (Å²) in [4.78, 5) is 12.9. The van der Waals surface area contributed by atoms with E-state index in [-0.39, 0.29) is 17.8 Å². The van der Waals surface area contributed by atoms with Crippen LogP contribution < -0.4 is 0 Å². The predicted octanol–water partition coefficient (Wildman–Crippen LogP) is 3.64. The molecule has 2 aromatic carbocycles. The van der Waals surface area contributed by atoms with Gasteiger partial charge >= 0.3 is 5.97 Å². The van der Waals surface area contributed by atoms with E-state index in [0.717, 1.165) is 11.1 Å². The second kappa shape index (κ2) is 4.23. The highest BCUT2D eigenvalue weighted by molar-refractivity contribution is 5.98. The molecule has 1 heterocycles. The summed E-state index contributed by atoms with van der Waals surface area (Å²) in [5, 5.41) is 0. The fraction of sp³-hybridized carbons (Fsp3) is 0.190. The van der Waals surface area contributed by atoms with Crippen molar-refractivity contribution in [2.24, 2.45) is 11.8 Å². The smallest absolute Gasteiger partial charge is 0.325 e. The van der Waals surface area contributed by atoms with E-state index in [0.29, 0.717) is 0 Å². The highest BCUT2D eigenvalue weighted by atomic mass is 16.6. The molecule has 2 unspecified atom stereocenters. The molecule has 2 aliphatic carbocycles. The Kier molecular flexibility index (Phi) is 2.37. The molecule has 2 heteroatoms. The SMILES string of the molecule is O=C1OC2(C3C=CC=CC32)C1(c1ccccc1)c1ccccc1. The van der Waals surface area contributed by atoms with E-state index in [4.69, 9.17) is 4.74 Å². The van der Waals surface area contributed by atoms with Gasteiger partial charge in [-0.1, -0.05) is 85.0 Å². The van der Waals surface area contributed by atoms with Gasteiger partial charge in [0.2, 0.25) is 0 Å². The van der Waals surface area contributed by atoms with E-state index in [1.807, 2.05) is 60.7 Å². The van der Waals surface area contributed by atoms with Crippen molar-refractivity contribution in [2.75, 3.05) is 0 Å². The number of ether oxygens (including phenoxy) is 1. The molecule has 0 aromatic heterocycles. The van der Waals surface area contributed by atoms with Crippen LogP contribution in [0.3, 0.4) is 0 Å². The highest BCUT2D eigenvalue weighted by Crippen LogP contribution is 2.73. The lowest BCUT2D eigenvalue weighted by Gasteiger charge is -2.49. The first-order valence-corrected chi connectivity index (χ1v) is 8.01. The van der Waals surface area contributed by atoms with Gasteiger partial charge in [0.05, 0.1) is 0 Å². The van der Waals surface area contributed by atoms with E-state index < -0.39 is 11.0 Å². The van der Waals surface area contributed by atoms with Crippen LogP contribution in [0, 0.1) is 11.8 Å². The first kappa shape index (κ1) is 12.9. The number of benzene rings is 2. The minimum Gasteiger partial charge on any atom is -0.455 e. The van der Waals surface area contributed by atoms with Crippen molar-refractivity contribution in [3.05, 3.63) is 96.1 Å². The van der Waals surface area contributed by atoms with E-state index in [1.54, 1.807) is 0 Å². The van der Waals surface area contributed by atoms with Gasteiger partial charge < -0.3 is 4.74 Å². The fourth-order valence-corrected chi connectivity index (χ4v) is 4.60. The second-order valence-corrected chi connectivity index (χ2v) is 6.49. The van der Waals surface area contributed by atoms with Crippen molar-refractivity contribution in [1.82, 2.24) is 0 Å². The molecule has 1 aliphatic heterocycles. The Labute approximate surface area is 135 Å². The second-order valence-electron chi connectivity index (χ2n) is 6.49. The zero-order chi connectivity index (χ0) is 15.5. The van der Waals surface area contributed by atoms with Gasteiger partial charge in [0.15, 0.2) is 11.0 Å². The van der Waals surface area contributed by atoms with E-state index in [1.165, 1.54) is 0 Å². The maximum atomic E-state index is 12.9. The molecule has 0 N–H and O–H groups in total. The molecule has 2 aromatic rings. The van der Waals surface area contributed by atoms with Crippen molar-refractivity contribution < 1.29 is 9.53 Å². The third kappa shape index (κ3) is 1.33. The van der Waals surface area contributed by atoms with Crippen LogP contribution in [-0.2, 0) is 14.9 Å². The van der Waals surface area contributed by atoms with Gasteiger partial charge in [-0.3, -0.25) is 4.79 Å². The summed E-state index contributed by atoms with van der Waals surface area (Å²) in [7, 11) is 0. The number of carbonyl (C=O) groups excluding carboxylic acids is 1. The number of carbonyl (C=O) groups is 1. The first-order valence-electron chi connectivity index (χ1n) is 8.01. The third-order valence-electron chi connectivity index (χ3n) is 5.58. The lowest BCUT2D eigenvalue weighted by molar-refractivity contribution is -0.195. The van der Waals surface area contributed by atoms with Crippen LogP contribution in [0.25, 0.3) is 0 Å². The van der Waals surface area contributed by atoms with E-state index >= 15 is 0 Å². The Morgan fingerprint density at radius 3 is 1.65 bits per heavy atom.